The Hall–Kier alpha value is -1.95. The van der Waals surface area contributed by atoms with Crippen LogP contribution in [0, 0.1) is 18.6 Å². The highest BCUT2D eigenvalue weighted by atomic mass is 79.9. The van der Waals surface area contributed by atoms with Gasteiger partial charge in [0.05, 0.1) is 11.3 Å². The maximum absolute atomic E-state index is 13.8. The summed E-state index contributed by atoms with van der Waals surface area (Å²) in [5.41, 5.74) is 0.465. The molecule has 2 N–H and O–H groups in total. The lowest BCUT2D eigenvalue weighted by Crippen LogP contribution is -2.05. The number of nitrogens with one attached hydrogen (secondary N) is 1. The van der Waals surface area contributed by atoms with E-state index in [1.807, 2.05) is 0 Å². The molecular formula is C14H10BrF2NO2. The lowest BCUT2D eigenvalue weighted by molar-refractivity contribution is 0.0698. The molecule has 0 aliphatic rings. The average molecular weight is 342 g/mol. The van der Waals surface area contributed by atoms with Crippen molar-refractivity contribution < 1.29 is 18.7 Å². The molecule has 3 nitrogen and oxygen atoms in total. The van der Waals surface area contributed by atoms with Crippen LogP contribution < -0.4 is 5.32 Å². The van der Waals surface area contributed by atoms with Crippen LogP contribution in [-0.2, 0) is 0 Å². The Morgan fingerprint density at radius 2 is 1.80 bits per heavy atom. The molecule has 104 valence electrons. The Labute approximate surface area is 122 Å². The highest BCUT2D eigenvalue weighted by Crippen LogP contribution is 2.29. The van der Waals surface area contributed by atoms with Gasteiger partial charge in [0.15, 0.2) is 11.6 Å². The highest BCUT2D eigenvalue weighted by molar-refractivity contribution is 9.10. The number of rotatable bonds is 3. The summed E-state index contributed by atoms with van der Waals surface area (Å²) < 4.78 is 27.8. The molecule has 0 heterocycles. The highest BCUT2D eigenvalue weighted by Gasteiger charge is 2.15. The summed E-state index contributed by atoms with van der Waals surface area (Å²) >= 11 is 2.98. The van der Waals surface area contributed by atoms with Crippen LogP contribution in [0.5, 0.6) is 0 Å². The predicted octanol–water partition coefficient (Wildman–Crippen LogP) is 4.48. The number of carboxylic acids is 1. The maximum atomic E-state index is 13.8. The van der Waals surface area contributed by atoms with E-state index in [1.54, 1.807) is 13.0 Å². The number of aromatic carboxylic acids is 1. The fourth-order valence-electron chi connectivity index (χ4n) is 1.74. The van der Waals surface area contributed by atoms with Crippen molar-refractivity contribution in [2.45, 2.75) is 6.92 Å². The molecule has 0 spiro atoms. The zero-order chi connectivity index (χ0) is 14.9. The van der Waals surface area contributed by atoms with Crippen LogP contribution in [0.1, 0.15) is 15.9 Å². The van der Waals surface area contributed by atoms with E-state index >= 15 is 0 Å². The number of benzene rings is 2. The van der Waals surface area contributed by atoms with E-state index < -0.39 is 17.6 Å². The SMILES string of the molecule is Cc1ccc(C(=O)O)c(Nc2c(F)cc(Br)cc2F)c1. The number of aryl methyl sites for hydroxylation is 1. The van der Waals surface area contributed by atoms with Crippen LogP contribution in [0.3, 0.4) is 0 Å². The summed E-state index contributed by atoms with van der Waals surface area (Å²) in [7, 11) is 0. The van der Waals surface area contributed by atoms with Crippen LogP contribution in [0.15, 0.2) is 34.8 Å². The van der Waals surface area contributed by atoms with Gasteiger partial charge < -0.3 is 10.4 Å². The maximum Gasteiger partial charge on any atom is 0.337 e. The summed E-state index contributed by atoms with van der Waals surface area (Å²) in [5, 5.41) is 11.6. The second kappa shape index (κ2) is 5.58. The van der Waals surface area contributed by atoms with Gasteiger partial charge in [0.2, 0.25) is 0 Å². The van der Waals surface area contributed by atoms with E-state index in [9.17, 15) is 13.6 Å². The zero-order valence-electron chi connectivity index (χ0n) is 10.4. The van der Waals surface area contributed by atoms with E-state index in [2.05, 4.69) is 21.2 Å². The van der Waals surface area contributed by atoms with E-state index in [4.69, 9.17) is 5.11 Å². The summed E-state index contributed by atoms with van der Waals surface area (Å²) in [6.07, 6.45) is 0. The van der Waals surface area contributed by atoms with Crippen molar-refractivity contribution >= 4 is 33.3 Å². The second-order valence-electron chi connectivity index (χ2n) is 4.22. The van der Waals surface area contributed by atoms with Crippen molar-refractivity contribution in [3.8, 4) is 0 Å². The number of hydrogen-bond acceptors (Lipinski definition) is 2. The number of anilines is 2. The molecule has 0 unspecified atom stereocenters. The minimum Gasteiger partial charge on any atom is -0.478 e. The normalized spacial score (nSPS) is 10.4. The van der Waals surface area contributed by atoms with E-state index in [0.717, 1.165) is 17.7 Å². The Balaban J connectivity index is 2.50. The third kappa shape index (κ3) is 2.96. The van der Waals surface area contributed by atoms with Crippen LogP contribution in [0.25, 0.3) is 0 Å². The van der Waals surface area contributed by atoms with E-state index in [0.29, 0.717) is 0 Å². The number of carboxylic acid groups (broad SMARTS) is 1. The molecule has 0 bridgehead atoms. The quantitative estimate of drug-likeness (QED) is 0.865. The monoisotopic (exact) mass is 341 g/mol. The summed E-state index contributed by atoms with van der Waals surface area (Å²) in [6, 6.07) is 6.71. The largest absolute Gasteiger partial charge is 0.478 e. The lowest BCUT2D eigenvalue weighted by Gasteiger charge is -2.12. The first-order valence-electron chi connectivity index (χ1n) is 5.64. The van der Waals surface area contributed by atoms with Gasteiger partial charge in [-0.1, -0.05) is 22.0 Å². The third-order valence-electron chi connectivity index (χ3n) is 2.67. The molecule has 6 heteroatoms. The zero-order valence-corrected chi connectivity index (χ0v) is 12.0. The topological polar surface area (TPSA) is 49.3 Å². The summed E-state index contributed by atoms with van der Waals surface area (Å²) in [6.45, 7) is 1.76. The Morgan fingerprint density at radius 3 is 2.35 bits per heavy atom. The average Bonchev–Trinajstić information content (AvgIpc) is 2.33. The first-order chi connectivity index (χ1) is 9.38. The molecule has 0 aliphatic carbocycles. The molecule has 0 aromatic heterocycles. The van der Waals surface area contributed by atoms with Crippen LogP contribution in [0.2, 0.25) is 0 Å². The molecule has 2 aromatic rings. The van der Waals surface area contributed by atoms with Crippen molar-refractivity contribution in [2.75, 3.05) is 5.32 Å². The molecule has 0 saturated carbocycles. The van der Waals surface area contributed by atoms with Gasteiger partial charge in [-0.2, -0.15) is 0 Å². The minimum absolute atomic E-state index is 0.0580. The fraction of sp³-hybridized carbons (Fsp3) is 0.0714. The Morgan fingerprint density at radius 1 is 1.20 bits per heavy atom. The number of carbonyl (C=O) groups is 1. The van der Waals surface area contributed by atoms with Gasteiger partial charge in [-0.15, -0.1) is 0 Å². The minimum atomic E-state index is -1.18. The van der Waals surface area contributed by atoms with Crippen molar-refractivity contribution in [3.05, 3.63) is 57.6 Å². The first-order valence-corrected chi connectivity index (χ1v) is 6.43. The van der Waals surface area contributed by atoms with Gasteiger partial charge >= 0.3 is 5.97 Å². The summed E-state index contributed by atoms with van der Waals surface area (Å²) in [5.74, 6) is -2.80. The molecule has 0 amide bonds. The molecule has 0 atom stereocenters. The lowest BCUT2D eigenvalue weighted by atomic mass is 10.1. The van der Waals surface area contributed by atoms with E-state index in [1.165, 1.54) is 12.1 Å². The fourth-order valence-corrected chi connectivity index (χ4v) is 2.15. The molecule has 0 fully saturated rings. The molecule has 0 aliphatic heterocycles. The molecule has 20 heavy (non-hydrogen) atoms. The Kier molecular flexibility index (Phi) is 4.04. The number of halogens is 3. The van der Waals surface area contributed by atoms with Gasteiger partial charge in [-0.25, -0.2) is 13.6 Å². The Bertz CT molecular complexity index is 666. The van der Waals surface area contributed by atoms with Crippen molar-refractivity contribution in [1.82, 2.24) is 0 Å². The molecule has 2 rings (SSSR count). The van der Waals surface area contributed by atoms with Gasteiger partial charge in [0.1, 0.15) is 5.69 Å². The van der Waals surface area contributed by atoms with Crippen molar-refractivity contribution in [2.24, 2.45) is 0 Å². The van der Waals surface area contributed by atoms with Gasteiger partial charge in [-0.3, -0.25) is 0 Å². The second-order valence-corrected chi connectivity index (χ2v) is 5.14. The smallest absolute Gasteiger partial charge is 0.337 e. The van der Waals surface area contributed by atoms with Gasteiger partial charge in [0.25, 0.3) is 0 Å². The molecular weight excluding hydrogens is 332 g/mol. The van der Waals surface area contributed by atoms with Crippen LogP contribution >= 0.6 is 15.9 Å². The number of hydrogen-bond donors (Lipinski definition) is 2. The standard InChI is InChI=1S/C14H10BrF2NO2/c1-7-2-3-9(14(19)20)12(4-7)18-13-10(16)5-8(15)6-11(13)17/h2-6,18H,1H3,(H,19,20). The third-order valence-corrected chi connectivity index (χ3v) is 3.13. The molecule has 2 aromatic carbocycles. The van der Waals surface area contributed by atoms with Crippen LogP contribution in [-0.4, -0.2) is 11.1 Å². The van der Waals surface area contributed by atoms with Gasteiger partial charge in [0, 0.05) is 4.47 Å². The van der Waals surface area contributed by atoms with Crippen LogP contribution in [0.4, 0.5) is 20.2 Å². The molecule has 0 radical (unpaired) electrons. The van der Waals surface area contributed by atoms with E-state index in [-0.39, 0.29) is 21.4 Å². The molecule has 0 saturated heterocycles. The first kappa shape index (κ1) is 14.5. The summed E-state index contributed by atoms with van der Waals surface area (Å²) in [4.78, 5) is 11.1. The van der Waals surface area contributed by atoms with Crippen molar-refractivity contribution in [3.63, 3.8) is 0 Å². The van der Waals surface area contributed by atoms with Gasteiger partial charge in [-0.05, 0) is 36.8 Å². The predicted molar refractivity (Wildman–Crippen MR) is 75.5 cm³/mol. The van der Waals surface area contributed by atoms with Crippen molar-refractivity contribution in [1.29, 1.82) is 0 Å².